The predicted molar refractivity (Wildman–Crippen MR) is 73.6 cm³/mol. The van der Waals surface area contributed by atoms with Gasteiger partial charge in [-0.2, -0.15) is 0 Å². The van der Waals surface area contributed by atoms with E-state index in [1.807, 2.05) is 17.9 Å². The first kappa shape index (κ1) is 12.5. The van der Waals surface area contributed by atoms with Crippen LogP contribution in [-0.4, -0.2) is 37.0 Å². The summed E-state index contributed by atoms with van der Waals surface area (Å²) in [5.74, 6) is 0.892. The number of amides is 1. The highest BCUT2D eigenvalue weighted by Gasteiger charge is 2.40. The lowest BCUT2D eigenvalue weighted by Crippen LogP contribution is -2.44. The summed E-state index contributed by atoms with van der Waals surface area (Å²) in [6, 6.07) is 4.38. The largest absolute Gasteiger partial charge is 0.493 e. The van der Waals surface area contributed by atoms with Gasteiger partial charge in [-0.1, -0.05) is 13.0 Å². The van der Waals surface area contributed by atoms with Crippen LogP contribution in [0.2, 0.25) is 0 Å². The number of hydrogen-bond donors (Lipinski definition) is 1. The Morgan fingerprint density at radius 1 is 1.42 bits per heavy atom. The summed E-state index contributed by atoms with van der Waals surface area (Å²) in [4.78, 5) is 14.5. The van der Waals surface area contributed by atoms with Crippen molar-refractivity contribution in [2.45, 2.75) is 26.3 Å². The van der Waals surface area contributed by atoms with E-state index in [0.29, 0.717) is 6.61 Å². The molecule has 0 saturated carbocycles. The Balaban J connectivity index is 2.11. The Morgan fingerprint density at radius 3 is 3.00 bits per heavy atom. The Hall–Kier alpha value is -1.55. The van der Waals surface area contributed by atoms with Gasteiger partial charge < -0.3 is 15.0 Å². The van der Waals surface area contributed by atoms with Crippen LogP contribution in [0.25, 0.3) is 0 Å². The Morgan fingerprint density at radius 2 is 2.26 bits per heavy atom. The third-order valence-electron chi connectivity index (χ3n) is 3.98. The van der Waals surface area contributed by atoms with Gasteiger partial charge in [-0.3, -0.25) is 4.79 Å². The zero-order valence-electron chi connectivity index (χ0n) is 11.5. The topological polar surface area (TPSA) is 41.6 Å². The number of nitrogens with zero attached hydrogens (tertiary/aromatic N) is 1. The summed E-state index contributed by atoms with van der Waals surface area (Å²) < 4.78 is 5.70. The van der Waals surface area contributed by atoms with Crippen LogP contribution in [-0.2, 0) is 6.42 Å². The fraction of sp³-hybridized carbons (Fsp3) is 0.533. The van der Waals surface area contributed by atoms with Gasteiger partial charge in [-0.15, -0.1) is 0 Å². The normalized spacial score (nSPS) is 21.3. The van der Waals surface area contributed by atoms with Crippen LogP contribution in [0.1, 0.15) is 41.4 Å². The van der Waals surface area contributed by atoms with Crippen molar-refractivity contribution in [3.63, 3.8) is 0 Å². The van der Waals surface area contributed by atoms with E-state index >= 15 is 0 Å². The molecule has 3 rings (SSSR count). The summed E-state index contributed by atoms with van der Waals surface area (Å²) in [5, 5.41) is 3.37. The number of ether oxygens (including phenoxy) is 1. The first-order valence-corrected chi connectivity index (χ1v) is 7.07. The second-order valence-electron chi connectivity index (χ2n) is 5.06. The van der Waals surface area contributed by atoms with Crippen molar-refractivity contribution in [2.75, 3.05) is 26.2 Å². The van der Waals surface area contributed by atoms with E-state index in [4.69, 9.17) is 4.74 Å². The smallest absolute Gasteiger partial charge is 0.258 e. The highest BCUT2D eigenvalue weighted by molar-refractivity contribution is 6.02. The molecule has 1 amide bonds. The standard InChI is InChI=1S/C15H20N2O2/c1-3-10-7-11-12-9-16-5-6-17(12)15(18)14(11)13(8-10)19-4-2/h7-8,12,16H,3-6,9H2,1-2H3/t12-/m1/s1. The fourth-order valence-electron chi connectivity index (χ4n) is 3.03. The molecule has 1 aromatic carbocycles. The molecule has 2 aliphatic rings. The average molecular weight is 260 g/mol. The molecule has 2 heterocycles. The second-order valence-corrected chi connectivity index (χ2v) is 5.06. The van der Waals surface area contributed by atoms with Crippen molar-refractivity contribution in [1.29, 1.82) is 0 Å². The number of fused-ring (bicyclic) bond motifs is 3. The van der Waals surface area contributed by atoms with E-state index in [-0.39, 0.29) is 11.9 Å². The average Bonchev–Trinajstić information content (AvgIpc) is 2.73. The van der Waals surface area contributed by atoms with Gasteiger partial charge in [-0.25, -0.2) is 0 Å². The van der Waals surface area contributed by atoms with E-state index in [9.17, 15) is 4.79 Å². The molecule has 1 saturated heterocycles. The van der Waals surface area contributed by atoms with E-state index < -0.39 is 0 Å². The van der Waals surface area contributed by atoms with Gasteiger partial charge in [0.05, 0.1) is 18.2 Å². The van der Waals surface area contributed by atoms with Gasteiger partial charge in [0.25, 0.3) is 5.91 Å². The molecule has 0 unspecified atom stereocenters. The van der Waals surface area contributed by atoms with Gasteiger partial charge in [0.1, 0.15) is 5.75 Å². The van der Waals surface area contributed by atoms with Crippen molar-refractivity contribution in [2.24, 2.45) is 0 Å². The summed E-state index contributed by atoms with van der Waals surface area (Å²) in [6.45, 7) is 7.18. The third-order valence-corrected chi connectivity index (χ3v) is 3.98. The Bertz CT molecular complexity index is 513. The molecule has 0 aromatic heterocycles. The quantitative estimate of drug-likeness (QED) is 0.900. The first-order chi connectivity index (χ1) is 9.26. The molecule has 0 radical (unpaired) electrons. The van der Waals surface area contributed by atoms with Crippen LogP contribution in [0.4, 0.5) is 0 Å². The molecule has 2 aliphatic heterocycles. The zero-order chi connectivity index (χ0) is 13.4. The maximum absolute atomic E-state index is 12.5. The number of benzene rings is 1. The van der Waals surface area contributed by atoms with Crippen molar-refractivity contribution >= 4 is 5.91 Å². The molecule has 1 atom stereocenters. The number of nitrogens with one attached hydrogen (secondary N) is 1. The molecule has 0 spiro atoms. The molecule has 1 aromatic rings. The molecule has 19 heavy (non-hydrogen) atoms. The van der Waals surface area contributed by atoms with E-state index in [0.717, 1.165) is 42.9 Å². The van der Waals surface area contributed by atoms with Crippen LogP contribution >= 0.6 is 0 Å². The van der Waals surface area contributed by atoms with Crippen LogP contribution < -0.4 is 10.1 Å². The van der Waals surface area contributed by atoms with Crippen molar-refractivity contribution in [1.82, 2.24) is 10.2 Å². The zero-order valence-corrected chi connectivity index (χ0v) is 11.5. The van der Waals surface area contributed by atoms with Crippen LogP contribution in [0.15, 0.2) is 12.1 Å². The van der Waals surface area contributed by atoms with Gasteiger partial charge in [0.15, 0.2) is 0 Å². The van der Waals surface area contributed by atoms with Gasteiger partial charge in [-0.05, 0) is 30.5 Å². The number of piperazine rings is 1. The van der Waals surface area contributed by atoms with Gasteiger partial charge >= 0.3 is 0 Å². The molecular weight excluding hydrogens is 240 g/mol. The van der Waals surface area contributed by atoms with Crippen LogP contribution in [0.5, 0.6) is 5.75 Å². The van der Waals surface area contributed by atoms with Crippen LogP contribution in [0, 0.1) is 0 Å². The van der Waals surface area contributed by atoms with Crippen molar-refractivity contribution < 1.29 is 9.53 Å². The second kappa shape index (κ2) is 4.85. The number of carbonyl (C=O) groups is 1. The number of carbonyl (C=O) groups excluding carboxylic acids is 1. The lowest BCUT2D eigenvalue weighted by atomic mass is 9.98. The Labute approximate surface area is 113 Å². The Kier molecular flexibility index (Phi) is 3.19. The van der Waals surface area contributed by atoms with E-state index in [2.05, 4.69) is 18.3 Å². The molecule has 4 nitrogen and oxygen atoms in total. The lowest BCUT2D eigenvalue weighted by molar-refractivity contribution is 0.0688. The minimum atomic E-state index is 0.132. The molecule has 102 valence electrons. The first-order valence-electron chi connectivity index (χ1n) is 7.07. The molecule has 0 bridgehead atoms. The summed E-state index contributed by atoms with van der Waals surface area (Å²) >= 11 is 0. The van der Waals surface area contributed by atoms with E-state index in [1.165, 1.54) is 5.56 Å². The SMILES string of the molecule is CCOc1cc(CC)cc2c1C(=O)N1CCNC[C@H]21. The van der Waals surface area contributed by atoms with E-state index in [1.54, 1.807) is 0 Å². The minimum Gasteiger partial charge on any atom is -0.493 e. The predicted octanol–water partition coefficient (Wildman–Crippen LogP) is 1.75. The molecular formula is C15H20N2O2. The number of aryl methyl sites for hydroxylation is 1. The number of rotatable bonds is 3. The number of hydrogen-bond acceptors (Lipinski definition) is 3. The minimum absolute atomic E-state index is 0.132. The summed E-state index contributed by atoms with van der Waals surface area (Å²) in [5.41, 5.74) is 3.16. The summed E-state index contributed by atoms with van der Waals surface area (Å²) in [6.07, 6.45) is 0.960. The van der Waals surface area contributed by atoms with Gasteiger partial charge in [0.2, 0.25) is 0 Å². The highest BCUT2D eigenvalue weighted by Crippen LogP contribution is 2.40. The maximum atomic E-state index is 12.5. The lowest BCUT2D eigenvalue weighted by Gasteiger charge is -2.30. The molecule has 4 heteroatoms. The third kappa shape index (κ3) is 1.91. The maximum Gasteiger partial charge on any atom is 0.258 e. The van der Waals surface area contributed by atoms with Crippen molar-refractivity contribution in [3.05, 3.63) is 28.8 Å². The monoisotopic (exact) mass is 260 g/mol. The highest BCUT2D eigenvalue weighted by atomic mass is 16.5. The van der Waals surface area contributed by atoms with Gasteiger partial charge in [0, 0.05) is 19.6 Å². The summed E-state index contributed by atoms with van der Waals surface area (Å²) in [7, 11) is 0. The van der Waals surface area contributed by atoms with Crippen molar-refractivity contribution in [3.8, 4) is 5.75 Å². The fourth-order valence-corrected chi connectivity index (χ4v) is 3.03. The molecule has 0 aliphatic carbocycles. The van der Waals surface area contributed by atoms with Crippen LogP contribution in [0.3, 0.4) is 0 Å². The molecule has 1 N–H and O–H groups in total. The molecule has 1 fully saturated rings.